The maximum absolute atomic E-state index is 14.2. The molecule has 2 N–H and O–H groups in total. The normalized spacial score (nSPS) is 12.7. The number of nitrogens with one attached hydrogen (secondary N) is 2. The van der Waals surface area contributed by atoms with Crippen LogP contribution in [0.4, 0.5) is 36.4 Å². The van der Waals surface area contributed by atoms with Gasteiger partial charge in [-0.3, -0.25) is 9.59 Å². The molecule has 4 aromatic rings. The molecule has 0 fully saturated rings. The Kier molecular flexibility index (Phi) is 9.46. The van der Waals surface area contributed by atoms with Gasteiger partial charge < -0.3 is 10.6 Å². The number of pyridine rings is 1. The Balaban J connectivity index is 1.73. The average molecular weight is 787 g/mol. The highest BCUT2D eigenvalue weighted by atomic mass is 127. The number of aryl methyl sites for hydroxylation is 1. The second kappa shape index (κ2) is 12.4. The molecule has 0 aliphatic heterocycles. The second-order valence-corrected chi connectivity index (χ2v) is 12.6. The molecule has 0 aliphatic carbocycles. The molecule has 0 radical (unpaired) electrons. The number of hydrogen-bond donors (Lipinski definition) is 2. The lowest BCUT2D eigenvalue weighted by molar-refractivity contribution is -0.360. The van der Waals surface area contributed by atoms with Gasteiger partial charge in [-0.15, -0.1) is 5.10 Å². The predicted octanol–water partition coefficient (Wildman–Crippen LogP) is 6.54. The van der Waals surface area contributed by atoms with Gasteiger partial charge in [0.1, 0.15) is 5.69 Å². The van der Waals surface area contributed by atoms with E-state index in [0.29, 0.717) is 13.8 Å². The third kappa shape index (κ3) is 7.11. The van der Waals surface area contributed by atoms with Crippen LogP contribution in [0.5, 0.6) is 0 Å². The zero-order valence-electron chi connectivity index (χ0n) is 24.2. The Morgan fingerprint density at radius 3 is 2.30 bits per heavy atom. The van der Waals surface area contributed by atoms with Crippen molar-refractivity contribution in [1.29, 1.82) is 0 Å². The molecule has 0 unspecified atom stereocenters. The quantitative estimate of drug-likeness (QED) is 0.155. The van der Waals surface area contributed by atoms with Gasteiger partial charge in [0.05, 0.1) is 34.7 Å². The molecule has 1 aromatic carbocycles. The first-order valence-electron chi connectivity index (χ1n) is 13.0. The molecular formula is C27H23ClF7IN8O2. The molecule has 4 rings (SSSR count). The summed E-state index contributed by atoms with van der Waals surface area (Å²) in [4.78, 5) is 31.0. The SMILES string of the molecule is Cc1cc(I)cc(C(=O)NC(C)(C)C)c1NC(=O)c1cc(Cn2cc(C(F)(F)C(F)(F)C(F)(F)F)nn2)nn1-c1ncccc1Cl. The molecule has 3 aromatic heterocycles. The van der Waals surface area contributed by atoms with Gasteiger partial charge in [0.2, 0.25) is 0 Å². The zero-order chi connectivity index (χ0) is 34.4. The fraction of sp³-hybridized carbons (Fsp3) is 0.333. The van der Waals surface area contributed by atoms with Crippen LogP contribution in [0.3, 0.4) is 0 Å². The third-order valence-electron chi connectivity index (χ3n) is 6.14. The van der Waals surface area contributed by atoms with Crippen LogP contribution in [-0.4, -0.2) is 59.2 Å². The summed E-state index contributed by atoms with van der Waals surface area (Å²) in [5, 5.41) is 15.9. The number of hydrogen-bond acceptors (Lipinski definition) is 6. The Morgan fingerprint density at radius 2 is 1.70 bits per heavy atom. The van der Waals surface area contributed by atoms with Crippen LogP contribution in [0.25, 0.3) is 5.82 Å². The van der Waals surface area contributed by atoms with Gasteiger partial charge in [-0.25, -0.2) is 14.3 Å². The molecule has 19 heteroatoms. The van der Waals surface area contributed by atoms with Crippen LogP contribution in [0.15, 0.2) is 42.7 Å². The number of nitrogens with zero attached hydrogens (tertiary/aromatic N) is 6. The lowest BCUT2D eigenvalue weighted by atomic mass is 10.0. The van der Waals surface area contributed by atoms with Gasteiger partial charge in [-0.1, -0.05) is 16.8 Å². The molecule has 0 saturated carbocycles. The molecule has 3 heterocycles. The molecule has 0 bridgehead atoms. The molecule has 0 saturated heterocycles. The maximum Gasteiger partial charge on any atom is 0.460 e. The van der Waals surface area contributed by atoms with Crippen LogP contribution in [0.1, 0.15) is 58.6 Å². The highest BCUT2D eigenvalue weighted by Gasteiger charge is 2.74. The first-order chi connectivity index (χ1) is 21.1. The Hall–Kier alpha value is -3.81. The highest BCUT2D eigenvalue weighted by molar-refractivity contribution is 14.1. The van der Waals surface area contributed by atoms with Crippen molar-refractivity contribution in [2.75, 3.05) is 5.32 Å². The van der Waals surface area contributed by atoms with E-state index in [4.69, 9.17) is 11.6 Å². The number of carbonyl (C=O) groups is 2. The summed E-state index contributed by atoms with van der Waals surface area (Å²) in [6.45, 7) is 6.41. The van der Waals surface area contributed by atoms with Crippen molar-refractivity contribution in [3.63, 3.8) is 0 Å². The van der Waals surface area contributed by atoms with E-state index >= 15 is 0 Å². The van der Waals surface area contributed by atoms with E-state index < -0.39 is 47.6 Å². The standard InChI is InChI=1S/C27H23ClF7IN8O2/c1-13-8-14(36)9-16(22(45)39-24(2,3)4)20(13)38-23(46)18-10-15(41-44(18)21-17(28)6-5-7-37-21)11-43-12-19(40-42-43)25(29,30)26(31,32)27(33,34)35/h5-10,12H,11H2,1-4H3,(H,38,46)(H,39,45). The minimum Gasteiger partial charge on any atom is -0.347 e. The van der Waals surface area contributed by atoms with Crippen molar-refractivity contribution in [1.82, 2.24) is 35.1 Å². The smallest absolute Gasteiger partial charge is 0.347 e. The molecule has 2 amide bonds. The summed E-state index contributed by atoms with van der Waals surface area (Å²) in [5.41, 5.74) is -2.00. The summed E-state index contributed by atoms with van der Waals surface area (Å²) in [5.74, 6) is -13.5. The van der Waals surface area contributed by atoms with Crippen LogP contribution in [0, 0.1) is 10.5 Å². The van der Waals surface area contributed by atoms with Gasteiger partial charge in [-0.05, 0) is 86.2 Å². The number of alkyl halides is 7. The number of halogens is 9. The monoisotopic (exact) mass is 786 g/mol. The Bertz CT molecular complexity index is 1800. The molecule has 246 valence electrons. The zero-order valence-corrected chi connectivity index (χ0v) is 27.1. The summed E-state index contributed by atoms with van der Waals surface area (Å²) in [6, 6.07) is 7.41. The fourth-order valence-electron chi connectivity index (χ4n) is 4.06. The first kappa shape index (κ1) is 35.1. The van der Waals surface area contributed by atoms with Crippen molar-refractivity contribution in [3.8, 4) is 5.82 Å². The van der Waals surface area contributed by atoms with Gasteiger partial charge >= 0.3 is 18.0 Å². The van der Waals surface area contributed by atoms with Crippen LogP contribution >= 0.6 is 34.2 Å². The van der Waals surface area contributed by atoms with Crippen molar-refractivity contribution in [3.05, 3.63) is 79.5 Å². The first-order valence-corrected chi connectivity index (χ1v) is 14.4. The van der Waals surface area contributed by atoms with E-state index in [9.17, 15) is 40.3 Å². The number of rotatable bonds is 8. The highest BCUT2D eigenvalue weighted by Crippen LogP contribution is 2.51. The van der Waals surface area contributed by atoms with Gasteiger partial charge in [0.25, 0.3) is 11.8 Å². The van der Waals surface area contributed by atoms with E-state index in [2.05, 4.69) is 31.0 Å². The maximum atomic E-state index is 14.2. The Morgan fingerprint density at radius 1 is 1.02 bits per heavy atom. The minimum absolute atomic E-state index is 0.0405. The summed E-state index contributed by atoms with van der Waals surface area (Å²) in [6.07, 6.45) is -5.01. The molecule has 10 nitrogen and oxygen atoms in total. The van der Waals surface area contributed by atoms with E-state index in [1.807, 2.05) is 22.6 Å². The number of carbonyl (C=O) groups excluding carboxylic acids is 2. The second-order valence-electron chi connectivity index (χ2n) is 11.0. The van der Waals surface area contributed by atoms with Crippen molar-refractivity contribution in [2.45, 2.75) is 57.8 Å². The molecule has 0 spiro atoms. The molecular weight excluding hydrogens is 764 g/mol. The van der Waals surface area contributed by atoms with Crippen LogP contribution in [0.2, 0.25) is 5.02 Å². The van der Waals surface area contributed by atoms with Gasteiger partial charge in [-0.2, -0.15) is 35.8 Å². The minimum atomic E-state index is -6.56. The molecule has 46 heavy (non-hydrogen) atoms. The number of anilines is 1. The lowest BCUT2D eigenvalue weighted by Gasteiger charge is -2.26. The summed E-state index contributed by atoms with van der Waals surface area (Å²) < 4.78 is 95.6. The number of amides is 2. The lowest BCUT2D eigenvalue weighted by Crippen LogP contribution is -2.50. The topological polar surface area (TPSA) is 120 Å². The van der Waals surface area contributed by atoms with Crippen LogP contribution < -0.4 is 10.6 Å². The number of benzene rings is 1. The van der Waals surface area contributed by atoms with E-state index in [1.165, 1.54) is 24.4 Å². The largest absolute Gasteiger partial charge is 0.460 e. The Labute approximate surface area is 274 Å². The summed E-state index contributed by atoms with van der Waals surface area (Å²) in [7, 11) is 0. The third-order valence-corrected chi connectivity index (χ3v) is 7.06. The summed E-state index contributed by atoms with van der Waals surface area (Å²) >= 11 is 8.31. The van der Waals surface area contributed by atoms with Crippen molar-refractivity contribution in [2.24, 2.45) is 0 Å². The average Bonchev–Trinajstić information content (AvgIpc) is 3.56. The van der Waals surface area contributed by atoms with E-state index in [1.54, 1.807) is 39.8 Å². The fourth-order valence-corrected chi connectivity index (χ4v) is 5.04. The molecule has 0 aliphatic rings. The van der Waals surface area contributed by atoms with Gasteiger partial charge in [0, 0.05) is 15.3 Å². The van der Waals surface area contributed by atoms with E-state index in [0.717, 1.165) is 4.68 Å². The van der Waals surface area contributed by atoms with Crippen LogP contribution in [-0.2, 0) is 12.5 Å². The van der Waals surface area contributed by atoms with Crippen molar-refractivity contribution >= 4 is 51.7 Å². The van der Waals surface area contributed by atoms with E-state index in [-0.39, 0.29) is 39.7 Å². The van der Waals surface area contributed by atoms with Gasteiger partial charge in [0.15, 0.2) is 11.5 Å². The van der Waals surface area contributed by atoms with Crippen molar-refractivity contribution < 1.29 is 40.3 Å². The predicted molar refractivity (Wildman–Crippen MR) is 159 cm³/mol. The number of aromatic nitrogens is 6. The molecule has 0 atom stereocenters.